The number of hydrogen-bond donors (Lipinski definition) is 1. The number of aliphatic hydroxyl groups is 1. The number of benzene rings is 1. The third-order valence-corrected chi connectivity index (χ3v) is 3.04. The number of carbonyl (C=O) groups is 1. The average molecular weight is 262 g/mol. The van der Waals surface area contributed by atoms with E-state index in [1.165, 1.54) is 0 Å². The van der Waals surface area contributed by atoms with Crippen LogP contribution in [0.5, 0.6) is 0 Å². The van der Waals surface area contributed by atoms with Crippen molar-refractivity contribution in [1.29, 1.82) is 0 Å². The lowest BCUT2D eigenvalue weighted by molar-refractivity contribution is -0.142. The Morgan fingerprint density at radius 1 is 1.37 bits per heavy atom. The lowest BCUT2D eigenvalue weighted by atomic mass is 10.1. The van der Waals surface area contributed by atoms with Crippen LogP contribution in [0.2, 0.25) is 0 Å². The lowest BCUT2D eigenvalue weighted by Crippen LogP contribution is -2.25. The van der Waals surface area contributed by atoms with E-state index in [9.17, 15) is 9.90 Å². The fourth-order valence-corrected chi connectivity index (χ4v) is 2.20. The number of fused-ring (bicyclic) bond motifs is 1. The Morgan fingerprint density at radius 3 is 2.58 bits per heavy atom. The Bertz CT molecular complexity index is 460. The largest absolute Gasteiger partial charge is 0.466 e. The van der Waals surface area contributed by atoms with Gasteiger partial charge in [-0.15, -0.1) is 0 Å². The van der Waals surface area contributed by atoms with Gasteiger partial charge in [0.05, 0.1) is 19.6 Å². The van der Waals surface area contributed by atoms with E-state index in [1.807, 2.05) is 24.3 Å². The minimum Gasteiger partial charge on any atom is -0.466 e. The maximum absolute atomic E-state index is 11.1. The first-order valence-corrected chi connectivity index (χ1v) is 6.46. The molecule has 1 aromatic rings. The molecule has 0 atom stereocenters. The van der Waals surface area contributed by atoms with E-state index < -0.39 is 5.72 Å². The normalized spacial score (nSPS) is 16.5. The van der Waals surface area contributed by atoms with Gasteiger partial charge in [0.15, 0.2) is 5.72 Å². The summed E-state index contributed by atoms with van der Waals surface area (Å²) in [6, 6.07) is 7.87. The molecule has 0 saturated heterocycles. The summed E-state index contributed by atoms with van der Waals surface area (Å²) >= 11 is 0. The number of carbonyl (C=O) groups excluding carboxylic acids is 1. The SMILES string of the molecule is CCOC(=O)CCN=NC1(O)Cc2ccccc2C1. The summed E-state index contributed by atoms with van der Waals surface area (Å²) in [6.07, 6.45) is 1.15. The van der Waals surface area contributed by atoms with Crippen LogP contribution in [0, 0.1) is 0 Å². The molecule has 2 rings (SSSR count). The van der Waals surface area contributed by atoms with E-state index in [4.69, 9.17) is 4.74 Å². The molecular formula is C14H18N2O3. The molecule has 1 aliphatic rings. The summed E-state index contributed by atoms with van der Waals surface area (Å²) in [5.41, 5.74) is 1.06. The molecule has 0 aliphatic heterocycles. The number of azo groups is 1. The molecule has 1 aliphatic carbocycles. The van der Waals surface area contributed by atoms with E-state index >= 15 is 0 Å². The highest BCUT2D eigenvalue weighted by molar-refractivity contribution is 5.69. The topological polar surface area (TPSA) is 71.2 Å². The van der Waals surface area contributed by atoms with Gasteiger partial charge in [-0.3, -0.25) is 4.79 Å². The molecule has 1 aromatic carbocycles. The summed E-state index contributed by atoms with van der Waals surface area (Å²) in [7, 11) is 0. The molecule has 0 aromatic heterocycles. The van der Waals surface area contributed by atoms with Crippen LogP contribution in [0.1, 0.15) is 24.5 Å². The second-order valence-corrected chi connectivity index (χ2v) is 4.62. The highest BCUT2D eigenvalue weighted by Crippen LogP contribution is 2.31. The lowest BCUT2D eigenvalue weighted by Gasteiger charge is -2.14. The Labute approximate surface area is 112 Å². The Morgan fingerprint density at radius 2 is 2.00 bits per heavy atom. The fourth-order valence-electron chi connectivity index (χ4n) is 2.20. The van der Waals surface area contributed by atoms with Gasteiger partial charge in [-0.25, -0.2) is 0 Å². The predicted octanol–water partition coefficient (Wildman–Crippen LogP) is 1.88. The number of nitrogens with zero attached hydrogens (tertiary/aromatic N) is 2. The first kappa shape index (κ1) is 13.7. The highest BCUT2D eigenvalue weighted by Gasteiger charge is 2.34. The molecular weight excluding hydrogens is 244 g/mol. The minimum absolute atomic E-state index is 0.195. The van der Waals surface area contributed by atoms with Crippen LogP contribution in [0.25, 0.3) is 0 Å². The molecule has 0 spiro atoms. The third kappa shape index (κ3) is 3.61. The van der Waals surface area contributed by atoms with Crippen molar-refractivity contribution in [3.8, 4) is 0 Å². The van der Waals surface area contributed by atoms with E-state index in [0.717, 1.165) is 11.1 Å². The van der Waals surface area contributed by atoms with Gasteiger partial charge in [0.25, 0.3) is 0 Å². The van der Waals surface area contributed by atoms with Gasteiger partial charge in [0, 0.05) is 12.8 Å². The Hall–Kier alpha value is -1.75. The van der Waals surface area contributed by atoms with Crippen molar-refractivity contribution in [3.63, 3.8) is 0 Å². The quantitative estimate of drug-likeness (QED) is 0.650. The average Bonchev–Trinajstić information content (AvgIpc) is 2.71. The smallest absolute Gasteiger partial charge is 0.307 e. The zero-order valence-corrected chi connectivity index (χ0v) is 11.0. The predicted molar refractivity (Wildman–Crippen MR) is 69.8 cm³/mol. The van der Waals surface area contributed by atoms with Crippen LogP contribution in [0.4, 0.5) is 0 Å². The number of esters is 1. The van der Waals surface area contributed by atoms with Crippen LogP contribution in [0.15, 0.2) is 34.5 Å². The monoisotopic (exact) mass is 262 g/mol. The molecule has 1 N–H and O–H groups in total. The zero-order chi connectivity index (χ0) is 13.7. The van der Waals surface area contributed by atoms with Gasteiger partial charge in [0.1, 0.15) is 0 Å². The molecule has 19 heavy (non-hydrogen) atoms. The number of ether oxygens (including phenoxy) is 1. The molecule has 102 valence electrons. The maximum atomic E-state index is 11.1. The van der Waals surface area contributed by atoms with E-state index in [-0.39, 0.29) is 18.9 Å². The van der Waals surface area contributed by atoms with Crippen molar-refractivity contribution in [2.24, 2.45) is 10.2 Å². The Kier molecular flexibility index (Phi) is 4.27. The molecule has 5 heteroatoms. The minimum atomic E-state index is -1.15. The first-order valence-electron chi connectivity index (χ1n) is 6.46. The van der Waals surface area contributed by atoms with Gasteiger partial charge in [-0.1, -0.05) is 24.3 Å². The van der Waals surface area contributed by atoms with E-state index in [1.54, 1.807) is 6.92 Å². The van der Waals surface area contributed by atoms with Crippen LogP contribution >= 0.6 is 0 Å². The van der Waals surface area contributed by atoms with Crippen molar-refractivity contribution in [1.82, 2.24) is 0 Å². The zero-order valence-electron chi connectivity index (χ0n) is 11.0. The first-order chi connectivity index (χ1) is 9.13. The summed E-state index contributed by atoms with van der Waals surface area (Å²) < 4.78 is 4.79. The molecule has 0 amide bonds. The summed E-state index contributed by atoms with van der Waals surface area (Å²) in [5, 5.41) is 18.2. The van der Waals surface area contributed by atoms with Crippen LogP contribution in [0.3, 0.4) is 0 Å². The number of hydrogen-bond acceptors (Lipinski definition) is 5. The van der Waals surface area contributed by atoms with Crippen LogP contribution in [-0.2, 0) is 22.4 Å². The standard InChI is InChI=1S/C14H18N2O3/c1-2-19-13(17)7-8-15-16-14(18)9-11-5-3-4-6-12(11)10-14/h3-6,18H,2,7-10H2,1H3. The van der Waals surface area contributed by atoms with Crippen molar-refractivity contribution in [2.75, 3.05) is 13.2 Å². The van der Waals surface area contributed by atoms with Crippen LogP contribution in [-0.4, -0.2) is 30.0 Å². The maximum Gasteiger partial charge on any atom is 0.307 e. The van der Waals surface area contributed by atoms with E-state index in [2.05, 4.69) is 10.2 Å². The second kappa shape index (κ2) is 5.93. The molecule has 0 bridgehead atoms. The van der Waals surface area contributed by atoms with Gasteiger partial charge in [-0.2, -0.15) is 10.2 Å². The van der Waals surface area contributed by atoms with Crippen molar-refractivity contribution >= 4 is 5.97 Å². The fraction of sp³-hybridized carbons (Fsp3) is 0.500. The molecule has 5 nitrogen and oxygen atoms in total. The Balaban J connectivity index is 1.85. The van der Waals surface area contributed by atoms with Crippen LogP contribution < -0.4 is 0 Å². The molecule has 0 fully saturated rings. The highest BCUT2D eigenvalue weighted by atomic mass is 16.5. The molecule has 0 radical (unpaired) electrons. The summed E-state index contributed by atoms with van der Waals surface area (Å²) in [4.78, 5) is 11.1. The van der Waals surface area contributed by atoms with Gasteiger partial charge in [-0.05, 0) is 18.1 Å². The summed E-state index contributed by atoms with van der Waals surface area (Å²) in [5.74, 6) is -0.289. The molecule has 0 heterocycles. The van der Waals surface area contributed by atoms with Crippen molar-refractivity contribution in [3.05, 3.63) is 35.4 Å². The van der Waals surface area contributed by atoms with Gasteiger partial charge < -0.3 is 9.84 Å². The van der Waals surface area contributed by atoms with E-state index in [0.29, 0.717) is 19.4 Å². The summed E-state index contributed by atoms with van der Waals surface area (Å²) in [6.45, 7) is 2.38. The van der Waals surface area contributed by atoms with Gasteiger partial charge >= 0.3 is 5.97 Å². The van der Waals surface area contributed by atoms with Crippen molar-refractivity contribution < 1.29 is 14.6 Å². The van der Waals surface area contributed by atoms with Crippen molar-refractivity contribution in [2.45, 2.75) is 31.9 Å². The third-order valence-electron chi connectivity index (χ3n) is 3.04. The van der Waals surface area contributed by atoms with Gasteiger partial charge in [0.2, 0.25) is 0 Å². The number of rotatable bonds is 5. The second-order valence-electron chi connectivity index (χ2n) is 4.62. The molecule has 0 unspecified atom stereocenters. The molecule has 0 saturated carbocycles.